The van der Waals surface area contributed by atoms with Crippen LogP contribution in [-0.2, 0) is 28.6 Å². The number of rotatable bonds is 3. The average Bonchev–Trinajstić information content (AvgIpc) is 3.11. The largest absolute Gasteiger partial charge is 0.472 e. The van der Waals surface area contributed by atoms with Gasteiger partial charge in [0.05, 0.1) is 37.6 Å². The van der Waals surface area contributed by atoms with Gasteiger partial charge in [-0.15, -0.1) is 0 Å². The van der Waals surface area contributed by atoms with Crippen LogP contribution in [0.15, 0.2) is 23.0 Å². The van der Waals surface area contributed by atoms with Crippen molar-refractivity contribution >= 4 is 17.7 Å². The van der Waals surface area contributed by atoms with E-state index in [1.165, 1.54) is 19.6 Å². The molecule has 10 nitrogen and oxygen atoms in total. The van der Waals surface area contributed by atoms with Gasteiger partial charge in [0.1, 0.15) is 23.4 Å². The van der Waals surface area contributed by atoms with Gasteiger partial charge in [0, 0.05) is 33.6 Å². The number of hydrogen-bond acceptors (Lipinski definition) is 10. The zero-order valence-corrected chi connectivity index (χ0v) is 21.2. The number of cyclic esters (lactones) is 1. The summed E-state index contributed by atoms with van der Waals surface area (Å²) in [5.74, 6) is -4.48. The van der Waals surface area contributed by atoms with Gasteiger partial charge in [0.25, 0.3) is 0 Å². The fraction of sp³-hybridized carbons (Fsp3) is 0.741. The van der Waals surface area contributed by atoms with E-state index in [1.54, 1.807) is 19.9 Å². The van der Waals surface area contributed by atoms with E-state index in [0.717, 1.165) is 0 Å². The number of hydrogen-bond donors (Lipinski definition) is 3. The minimum absolute atomic E-state index is 0.0107. The fourth-order valence-electron chi connectivity index (χ4n) is 10.6. The zero-order chi connectivity index (χ0) is 26.6. The first-order chi connectivity index (χ1) is 17.3. The summed E-state index contributed by atoms with van der Waals surface area (Å²) in [7, 11) is 1.17. The monoisotopic (exact) mass is 516 g/mol. The molecule has 6 fully saturated rings. The summed E-state index contributed by atoms with van der Waals surface area (Å²) in [5.41, 5.74) is -6.52. The van der Waals surface area contributed by atoms with Crippen molar-refractivity contribution in [1.82, 2.24) is 0 Å². The molecule has 4 saturated carbocycles. The summed E-state index contributed by atoms with van der Waals surface area (Å²) in [6.07, 6.45) is 0.133. The summed E-state index contributed by atoms with van der Waals surface area (Å²) < 4.78 is 22.7. The Balaban J connectivity index is 1.45. The highest BCUT2D eigenvalue weighted by Crippen LogP contribution is 2.88. The first kappa shape index (κ1) is 23.8. The number of aliphatic hydroxyl groups is 3. The van der Waals surface area contributed by atoms with E-state index in [0.29, 0.717) is 18.4 Å². The third kappa shape index (κ3) is 2.11. The van der Waals surface area contributed by atoms with Crippen LogP contribution >= 0.6 is 0 Å². The molecule has 0 radical (unpaired) electrons. The molecule has 2 unspecified atom stereocenters. The van der Waals surface area contributed by atoms with E-state index >= 15 is 0 Å². The summed E-state index contributed by atoms with van der Waals surface area (Å²) in [6, 6.07) is 1.74. The number of ketones is 1. The summed E-state index contributed by atoms with van der Waals surface area (Å²) in [5, 5.41) is 35.2. The lowest BCUT2D eigenvalue weighted by molar-refractivity contribution is -0.185. The standard InChI is InChI=1S/C27H32O10/c1-22-11-25(33)18(15(29)19(22)31)27-13(24(25,3)17(22)16(30)21(32)34-4)5-7-23(2)20(12-6-8-35-10-12)36-14(28)9-26(23,27)37-27/h6,8,10,13,16-20,30-31,33H,5,7,9,11H2,1-4H3/t13?,16-,17-,18-,19+,20-,22+,23-,24+,25?,26-,27-/m0/s1. The van der Waals surface area contributed by atoms with Gasteiger partial charge >= 0.3 is 11.9 Å². The van der Waals surface area contributed by atoms with Gasteiger partial charge in [-0.1, -0.05) is 20.8 Å². The van der Waals surface area contributed by atoms with Crippen LogP contribution in [0.1, 0.15) is 58.1 Å². The van der Waals surface area contributed by atoms with Crippen LogP contribution in [0.3, 0.4) is 0 Å². The molecule has 2 aliphatic heterocycles. The quantitative estimate of drug-likeness (QED) is 0.392. The summed E-state index contributed by atoms with van der Waals surface area (Å²) >= 11 is 0. The first-order valence-corrected chi connectivity index (χ1v) is 12.9. The molecule has 37 heavy (non-hydrogen) atoms. The first-order valence-electron chi connectivity index (χ1n) is 12.9. The van der Waals surface area contributed by atoms with E-state index in [2.05, 4.69) is 0 Å². The maximum Gasteiger partial charge on any atom is 0.335 e. The predicted molar refractivity (Wildman–Crippen MR) is 121 cm³/mol. The smallest absolute Gasteiger partial charge is 0.335 e. The van der Waals surface area contributed by atoms with Crippen LogP contribution < -0.4 is 0 Å². The van der Waals surface area contributed by atoms with Gasteiger partial charge in [-0.2, -0.15) is 0 Å². The molecule has 0 amide bonds. The minimum Gasteiger partial charge on any atom is -0.472 e. The fourth-order valence-corrected chi connectivity index (χ4v) is 10.6. The molecule has 3 heterocycles. The summed E-state index contributed by atoms with van der Waals surface area (Å²) in [6.45, 7) is 5.44. The van der Waals surface area contributed by atoms with Crippen LogP contribution in [-0.4, -0.2) is 69.2 Å². The number of ether oxygens (including phenoxy) is 3. The number of epoxide rings is 1. The van der Waals surface area contributed by atoms with Crippen LogP contribution in [0.4, 0.5) is 0 Å². The molecule has 2 saturated heterocycles. The lowest BCUT2D eigenvalue weighted by Gasteiger charge is -2.54. The SMILES string of the molecule is COC(=O)[C@@H](O)[C@H]1[C@@]2(C)CC3(O)[C@H](C(=O)[C@H]2O)[C@]24O[C@]25CC(=O)O[C@@H](c2ccoc2)[C@]5(C)CCC4[C@]13C. The maximum absolute atomic E-state index is 14.0. The molecule has 1 aromatic heterocycles. The van der Waals surface area contributed by atoms with Crippen molar-refractivity contribution in [1.29, 1.82) is 0 Å². The molecular weight excluding hydrogens is 484 g/mol. The Kier molecular flexibility index (Phi) is 4.17. The number of Topliss-reactive ketones (excluding diaryl/α,β-unsaturated/α-hetero) is 1. The van der Waals surface area contributed by atoms with Gasteiger partial charge in [0.15, 0.2) is 11.9 Å². The molecule has 10 heteroatoms. The third-order valence-corrected chi connectivity index (χ3v) is 11.9. The molecule has 4 aliphatic carbocycles. The topological polar surface area (TPSA) is 156 Å². The predicted octanol–water partition coefficient (Wildman–Crippen LogP) is 1.06. The molecule has 2 spiro atoms. The highest BCUT2D eigenvalue weighted by atomic mass is 16.7. The highest BCUT2D eigenvalue weighted by molar-refractivity contribution is 5.93. The molecule has 2 bridgehead atoms. The second-order valence-corrected chi connectivity index (χ2v) is 12.9. The Morgan fingerprint density at radius 2 is 1.97 bits per heavy atom. The van der Waals surface area contributed by atoms with E-state index in [4.69, 9.17) is 18.6 Å². The normalized spacial score (nSPS) is 55.6. The second kappa shape index (κ2) is 6.47. The average molecular weight is 517 g/mol. The number of furan rings is 1. The molecule has 6 aliphatic rings. The van der Waals surface area contributed by atoms with Crippen molar-refractivity contribution in [2.45, 2.75) is 81.6 Å². The van der Waals surface area contributed by atoms with Crippen molar-refractivity contribution in [3.63, 3.8) is 0 Å². The maximum atomic E-state index is 14.0. The molecule has 0 aromatic carbocycles. The van der Waals surface area contributed by atoms with Crippen molar-refractivity contribution in [2.24, 2.45) is 34.0 Å². The van der Waals surface area contributed by atoms with Gasteiger partial charge in [-0.3, -0.25) is 9.59 Å². The van der Waals surface area contributed by atoms with Crippen LogP contribution in [0.25, 0.3) is 0 Å². The zero-order valence-electron chi connectivity index (χ0n) is 21.2. The minimum atomic E-state index is -1.66. The molecule has 200 valence electrons. The Bertz CT molecular complexity index is 1240. The molecule has 7 rings (SSSR count). The lowest BCUT2D eigenvalue weighted by Crippen LogP contribution is -2.64. The Morgan fingerprint density at radius 3 is 2.62 bits per heavy atom. The van der Waals surface area contributed by atoms with Crippen molar-refractivity contribution in [3.8, 4) is 0 Å². The van der Waals surface area contributed by atoms with Gasteiger partial charge in [0.2, 0.25) is 0 Å². The number of carbonyl (C=O) groups is 3. The number of methoxy groups -OCH3 is 1. The van der Waals surface area contributed by atoms with Crippen molar-refractivity contribution < 1.29 is 48.3 Å². The molecule has 12 atom stereocenters. The molecular formula is C27H32O10. The van der Waals surface area contributed by atoms with Crippen LogP contribution in [0, 0.1) is 34.0 Å². The third-order valence-electron chi connectivity index (χ3n) is 11.9. The van der Waals surface area contributed by atoms with E-state index in [1.807, 2.05) is 6.92 Å². The number of fused-ring (bicyclic) bond motifs is 2. The second-order valence-electron chi connectivity index (χ2n) is 12.9. The molecule has 3 N–H and O–H groups in total. The van der Waals surface area contributed by atoms with Gasteiger partial charge in [-0.05, 0) is 25.3 Å². The van der Waals surface area contributed by atoms with Crippen LogP contribution in [0.5, 0.6) is 0 Å². The van der Waals surface area contributed by atoms with Crippen LogP contribution in [0.2, 0.25) is 0 Å². The molecule has 1 aromatic rings. The van der Waals surface area contributed by atoms with Gasteiger partial charge in [-0.25, -0.2) is 4.79 Å². The lowest BCUT2D eigenvalue weighted by atomic mass is 9.48. The van der Waals surface area contributed by atoms with E-state index in [9.17, 15) is 29.7 Å². The summed E-state index contributed by atoms with van der Waals surface area (Å²) in [4.78, 5) is 39.8. The number of carbonyl (C=O) groups excluding carboxylic acids is 3. The van der Waals surface area contributed by atoms with Gasteiger partial charge < -0.3 is 33.9 Å². The van der Waals surface area contributed by atoms with Crippen molar-refractivity contribution in [3.05, 3.63) is 24.2 Å². The number of esters is 2. The Morgan fingerprint density at radius 1 is 1.24 bits per heavy atom. The Labute approximate surface area is 213 Å². The Hall–Kier alpha value is -2.27. The highest BCUT2D eigenvalue weighted by Gasteiger charge is 2.99. The number of aliphatic hydroxyl groups excluding tert-OH is 2. The van der Waals surface area contributed by atoms with E-state index in [-0.39, 0.29) is 12.8 Å². The van der Waals surface area contributed by atoms with Crippen molar-refractivity contribution in [2.75, 3.05) is 7.11 Å². The van der Waals surface area contributed by atoms with E-state index < -0.39 is 86.8 Å².